The first-order chi connectivity index (χ1) is 12.5. The molecule has 0 fully saturated rings. The maximum Gasteiger partial charge on any atom is -0.147 e. The Morgan fingerprint density at radius 2 is 1.46 bits per heavy atom. The van der Waals surface area contributed by atoms with Gasteiger partial charge in [0.1, 0.15) is 0 Å². The molecule has 0 unspecified atom stereocenters. The van der Waals surface area contributed by atoms with Crippen LogP contribution in [0.1, 0.15) is 29.3 Å². The van der Waals surface area contributed by atoms with E-state index in [0.29, 0.717) is 0 Å². The summed E-state index contributed by atoms with van der Waals surface area (Å²) in [5, 5.41) is 2.27. The van der Waals surface area contributed by atoms with E-state index in [9.17, 15) is 0 Å². The second kappa shape index (κ2) is 8.93. The predicted molar refractivity (Wildman–Crippen MR) is 119 cm³/mol. The number of pyridine rings is 2. The van der Waals surface area contributed by atoms with Crippen LogP contribution in [0.5, 0.6) is 0 Å². The zero-order chi connectivity index (χ0) is 18.3. The zero-order valence-electron chi connectivity index (χ0n) is 16.6. The number of hydrogen-bond donors (Lipinski definition) is 1. The molecule has 147 valence electrons. The summed E-state index contributed by atoms with van der Waals surface area (Å²) in [5.41, 5.74) is 7.04. The van der Waals surface area contributed by atoms with Crippen molar-refractivity contribution in [2.24, 2.45) is 0 Å². The van der Waals surface area contributed by atoms with Crippen molar-refractivity contribution in [2.45, 2.75) is 27.7 Å². The van der Waals surface area contributed by atoms with Gasteiger partial charge in [-0.15, -0.1) is 12.4 Å². The molecule has 0 amide bonds. The van der Waals surface area contributed by atoms with Crippen LogP contribution in [-0.4, -0.2) is 14.4 Å². The van der Waals surface area contributed by atoms with Gasteiger partial charge in [-0.05, 0) is 0 Å². The molecule has 3 nitrogen and oxygen atoms in total. The van der Waals surface area contributed by atoms with Crippen LogP contribution in [0.4, 0.5) is 0 Å². The van der Waals surface area contributed by atoms with E-state index in [1.165, 1.54) is 25.6 Å². The molecular formula is C23H25ClFeN3. The number of nitrogens with zero attached hydrogens (tertiary/aromatic N) is 2. The van der Waals surface area contributed by atoms with Crippen molar-refractivity contribution < 1.29 is 14.5 Å². The molecule has 5 heteroatoms. The minimum absolute atomic E-state index is 0. The Labute approximate surface area is 178 Å². The molecule has 0 saturated carbocycles. The van der Waals surface area contributed by atoms with E-state index >= 15 is 0 Å². The average Bonchev–Trinajstić information content (AvgIpc) is 2.64. The molecule has 2 heterocycles. The predicted octanol–water partition coefficient (Wildman–Crippen LogP) is 5.24. The molecule has 0 saturated heterocycles. The molecule has 2 aromatic carbocycles. The van der Waals surface area contributed by atoms with Crippen LogP contribution in [0.3, 0.4) is 0 Å². The summed E-state index contributed by atoms with van der Waals surface area (Å²) in [6.07, 6.45) is 1.84. The fourth-order valence-electron chi connectivity index (χ4n) is 3.39. The molecule has 3 N–H and O–H groups in total. The fourth-order valence-corrected chi connectivity index (χ4v) is 4.69. The summed E-state index contributed by atoms with van der Waals surface area (Å²) in [6.45, 7) is 8.75. The van der Waals surface area contributed by atoms with Gasteiger partial charge in [0.15, 0.2) is 0 Å². The Morgan fingerprint density at radius 1 is 0.857 bits per heavy atom. The monoisotopic (exact) mass is 434 g/mol. The first-order valence-corrected chi connectivity index (χ1v) is 9.82. The molecule has 0 radical (unpaired) electrons. The van der Waals surface area contributed by atoms with E-state index in [2.05, 4.69) is 75.1 Å². The van der Waals surface area contributed by atoms with E-state index in [4.69, 9.17) is 4.98 Å². The number of aryl methyl sites for hydroxylation is 3. The van der Waals surface area contributed by atoms with E-state index in [1.807, 2.05) is 12.3 Å². The van der Waals surface area contributed by atoms with Gasteiger partial charge in [0.2, 0.25) is 0 Å². The van der Waals surface area contributed by atoms with Gasteiger partial charge in [-0.2, -0.15) is 0 Å². The summed E-state index contributed by atoms with van der Waals surface area (Å²) >= 11 is 0.925. The van der Waals surface area contributed by atoms with Gasteiger partial charge in [0.25, 0.3) is 0 Å². The second-order valence-electron chi connectivity index (χ2n) is 6.71. The fraction of sp³-hybridized carbons (Fsp3) is 0.174. The minimum atomic E-state index is 0. The topological polar surface area (TPSA) is 60.8 Å². The molecule has 0 bridgehead atoms. The molecule has 4 rings (SSSR count). The van der Waals surface area contributed by atoms with Crippen LogP contribution in [-0.2, 0) is 14.5 Å². The first kappa shape index (κ1) is 22.2. The van der Waals surface area contributed by atoms with Crippen molar-refractivity contribution >= 4 is 43.1 Å². The summed E-state index contributed by atoms with van der Waals surface area (Å²) in [5.74, 6) is 0. The molecule has 4 aromatic rings. The van der Waals surface area contributed by atoms with Crippen LogP contribution in [0, 0.1) is 20.8 Å². The SMILES string of the molecule is C/[C](=[Fe]\[c]1c(C)cc(C)cc1C)c1ccc2ccc3cccnc3c2n1.Cl.N. The first-order valence-electron chi connectivity index (χ1n) is 8.71. The Bertz CT molecular complexity index is 1160. The number of halogens is 1. The van der Waals surface area contributed by atoms with Gasteiger partial charge in [-0.25, -0.2) is 0 Å². The summed E-state index contributed by atoms with van der Waals surface area (Å²) in [4.78, 5) is 9.54. The van der Waals surface area contributed by atoms with Crippen molar-refractivity contribution in [3.8, 4) is 0 Å². The number of rotatable bonds is 2. The molecule has 0 atom stereocenters. The van der Waals surface area contributed by atoms with Crippen molar-refractivity contribution in [2.75, 3.05) is 0 Å². The Morgan fingerprint density at radius 3 is 2.14 bits per heavy atom. The largest absolute Gasteiger partial charge is 0.344 e. The third kappa shape index (κ3) is 4.16. The molecule has 0 spiro atoms. The average molecular weight is 435 g/mol. The Hall–Kier alpha value is -2.10. The summed E-state index contributed by atoms with van der Waals surface area (Å²) < 4.78 is 2.70. The minimum Gasteiger partial charge on any atom is -0.344 e. The second-order valence-corrected chi connectivity index (χ2v) is 8.37. The standard InChI is InChI=1S/C14H10N2.C9H11.ClH.Fe.H3N/c1-2-12-8-7-11-6-5-10-4-3-9-15-13(10)14(11)16-12;1-7-4-8(2)6-9(3)5-7;;;/h3-9H,1H3;4-5H,1-3H3;1H;;1H3. The maximum atomic E-state index is 4.98. The third-order valence-corrected chi connectivity index (χ3v) is 6.41. The van der Waals surface area contributed by atoms with Gasteiger partial charge in [0.05, 0.1) is 0 Å². The number of fused-ring (bicyclic) bond motifs is 3. The van der Waals surface area contributed by atoms with Crippen molar-refractivity contribution in [3.63, 3.8) is 0 Å². The quantitative estimate of drug-likeness (QED) is 0.346. The smallest absolute Gasteiger partial charge is 0.147 e. The van der Waals surface area contributed by atoms with E-state index in [1.54, 1.807) is 0 Å². The van der Waals surface area contributed by atoms with Crippen molar-refractivity contribution in [3.05, 3.63) is 77.1 Å². The van der Waals surface area contributed by atoms with Gasteiger partial charge < -0.3 is 6.15 Å². The van der Waals surface area contributed by atoms with Gasteiger partial charge in [-0.1, -0.05) is 0 Å². The molecule has 0 aliphatic rings. The normalized spacial score (nSPS) is 11.5. The van der Waals surface area contributed by atoms with E-state index in [0.717, 1.165) is 42.0 Å². The zero-order valence-corrected chi connectivity index (χ0v) is 18.5. The molecule has 0 aliphatic heterocycles. The molecule has 2 aromatic heterocycles. The number of benzene rings is 2. The van der Waals surface area contributed by atoms with E-state index in [-0.39, 0.29) is 18.6 Å². The summed E-state index contributed by atoms with van der Waals surface area (Å²) in [7, 11) is 0. The van der Waals surface area contributed by atoms with Crippen LogP contribution in [0.2, 0.25) is 0 Å². The molecular weight excluding hydrogens is 410 g/mol. The Kier molecular flexibility index (Phi) is 7.08. The Balaban J connectivity index is 0.00000140. The summed E-state index contributed by atoms with van der Waals surface area (Å²) in [6, 6.07) is 17.1. The number of aromatic nitrogens is 2. The van der Waals surface area contributed by atoms with Crippen LogP contribution < -0.4 is 10.6 Å². The van der Waals surface area contributed by atoms with Gasteiger partial charge in [0, 0.05) is 0 Å². The van der Waals surface area contributed by atoms with Crippen LogP contribution >= 0.6 is 12.4 Å². The van der Waals surface area contributed by atoms with Crippen molar-refractivity contribution in [1.82, 2.24) is 16.1 Å². The van der Waals surface area contributed by atoms with Crippen LogP contribution in [0.25, 0.3) is 21.8 Å². The van der Waals surface area contributed by atoms with Crippen molar-refractivity contribution in [1.29, 1.82) is 0 Å². The number of hydrogen-bond acceptors (Lipinski definition) is 3. The molecule has 0 aliphatic carbocycles. The van der Waals surface area contributed by atoms with Crippen LogP contribution in [0.15, 0.2) is 54.7 Å². The maximum absolute atomic E-state index is 4.98. The van der Waals surface area contributed by atoms with Gasteiger partial charge in [-0.3, -0.25) is 0 Å². The third-order valence-electron chi connectivity index (χ3n) is 4.56. The van der Waals surface area contributed by atoms with E-state index < -0.39 is 0 Å². The van der Waals surface area contributed by atoms with Gasteiger partial charge >= 0.3 is 160 Å². The molecule has 28 heavy (non-hydrogen) atoms.